The molecule has 0 aliphatic rings. The van der Waals surface area contributed by atoms with E-state index in [2.05, 4.69) is 10.6 Å². The molecule has 0 fully saturated rings. The van der Waals surface area contributed by atoms with Gasteiger partial charge in [-0.25, -0.2) is 4.79 Å². The molecule has 0 aromatic heterocycles. The molecule has 23 heavy (non-hydrogen) atoms. The second-order valence-electron chi connectivity index (χ2n) is 5.13. The van der Waals surface area contributed by atoms with Crippen LogP contribution in [0.2, 0.25) is 0 Å². The zero-order valence-corrected chi connectivity index (χ0v) is 12.8. The molecule has 0 saturated heterocycles. The largest absolute Gasteiger partial charge is 0.457 e. The maximum atomic E-state index is 11.6. The van der Waals surface area contributed by atoms with Gasteiger partial charge in [0.2, 0.25) is 0 Å². The SMILES string of the molecule is CC(C)NC(=O)Nc1ccc(Oc2ccc([N+](=O)[O-])cc2)cc1. The molecule has 2 aromatic rings. The molecular formula is C16H17N3O4. The minimum absolute atomic E-state index is 0.00747. The van der Waals surface area contributed by atoms with Crippen molar-refractivity contribution in [3.8, 4) is 11.5 Å². The zero-order chi connectivity index (χ0) is 16.8. The van der Waals surface area contributed by atoms with Crippen molar-refractivity contribution >= 4 is 17.4 Å². The number of hydrogen-bond donors (Lipinski definition) is 2. The van der Waals surface area contributed by atoms with E-state index in [9.17, 15) is 14.9 Å². The number of urea groups is 1. The molecule has 0 saturated carbocycles. The first-order chi connectivity index (χ1) is 10.9. The van der Waals surface area contributed by atoms with Gasteiger partial charge in [-0.05, 0) is 50.2 Å². The van der Waals surface area contributed by atoms with E-state index < -0.39 is 4.92 Å². The fourth-order valence-electron chi connectivity index (χ4n) is 1.81. The Balaban J connectivity index is 1.97. The summed E-state index contributed by atoms with van der Waals surface area (Å²) in [6.07, 6.45) is 0. The van der Waals surface area contributed by atoms with Gasteiger partial charge >= 0.3 is 6.03 Å². The van der Waals surface area contributed by atoms with Gasteiger partial charge in [0.15, 0.2) is 0 Å². The third-order valence-electron chi connectivity index (χ3n) is 2.82. The average Bonchev–Trinajstić information content (AvgIpc) is 2.49. The number of benzene rings is 2. The Morgan fingerprint density at radius 2 is 1.57 bits per heavy atom. The summed E-state index contributed by atoms with van der Waals surface area (Å²) < 4.78 is 5.59. The molecule has 0 bridgehead atoms. The van der Waals surface area contributed by atoms with Crippen molar-refractivity contribution in [1.29, 1.82) is 0 Å². The molecule has 2 amide bonds. The molecule has 2 aromatic carbocycles. The normalized spacial score (nSPS) is 10.2. The van der Waals surface area contributed by atoms with Crippen LogP contribution in [0.3, 0.4) is 0 Å². The van der Waals surface area contributed by atoms with E-state index in [0.29, 0.717) is 17.2 Å². The Kier molecular flexibility index (Phi) is 5.14. The van der Waals surface area contributed by atoms with Gasteiger partial charge in [0.05, 0.1) is 4.92 Å². The van der Waals surface area contributed by atoms with Gasteiger partial charge in [-0.15, -0.1) is 0 Å². The van der Waals surface area contributed by atoms with Crippen LogP contribution in [0.4, 0.5) is 16.2 Å². The summed E-state index contributed by atoms with van der Waals surface area (Å²) in [7, 11) is 0. The van der Waals surface area contributed by atoms with Crippen molar-refractivity contribution in [3.63, 3.8) is 0 Å². The number of carbonyl (C=O) groups is 1. The summed E-state index contributed by atoms with van der Waals surface area (Å²) in [6.45, 7) is 3.75. The first kappa shape index (κ1) is 16.3. The lowest BCUT2D eigenvalue weighted by molar-refractivity contribution is -0.384. The predicted molar refractivity (Wildman–Crippen MR) is 86.9 cm³/mol. The molecule has 0 heterocycles. The molecule has 0 aliphatic heterocycles. The second-order valence-corrected chi connectivity index (χ2v) is 5.13. The molecule has 0 radical (unpaired) electrons. The summed E-state index contributed by atoms with van der Waals surface area (Å²) in [5.74, 6) is 1.06. The van der Waals surface area contributed by atoms with E-state index >= 15 is 0 Å². The Morgan fingerprint density at radius 3 is 2.04 bits per heavy atom. The molecule has 120 valence electrons. The fraction of sp³-hybridized carbons (Fsp3) is 0.188. The molecule has 7 nitrogen and oxygen atoms in total. The van der Waals surface area contributed by atoms with Crippen LogP contribution in [-0.2, 0) is 0 Å². The number of nitro groups is 1. The molecule has 2 rings (SSSR count). The predicted octanol–water partition coefficient (Wildman–Crippen LogP) is 3.92. The van der Waals surface area contributed by atoms with Crippen LogP contribution in [0.25, 0.3) is 0 Å². The summed E-state index contributed by atoms with van der Waals surface area (Å²) in [5, 5.41) is 16.0. The van der Waals surface area contributed by atoms with Crippen molar-refractivity contribution in [2.24, 2.45) is 0 Å². The number of hydrogen-bond acceptors (Lipinski definition) is 4. The van der Waals surface area contributed by atoms with Crippen LogP contribution in [0.5, 0.6) is 11.5 Å². The Hall–Kier alpha value is -3.09. The zero-order valence-electron chi connectivity index (χ0n) is 12.8. The summed E-state index contributed by atoms with van der Waals surface area (Å²) >= 11 is 0. The van der Waals surface area contributed by atoms with E-state index in [4.69, 9.17) is 4.74 Å². The number of anilines is 1. The average molecular weight is 315 g/mol. The van der Waals surface area contributed by atoms with Crippen molar-refractivity contribution in [2.45, 2.75) is 19.9 Å². The standard InChI is InChI=1S/C16H17N3O4/c1-11(2)17-16(20)18-12-3-7-14(8-4-12)23-15-9-5-13(6-10-15)19(21)22/h3-11H,1-2H3,(H2,17,18,20). The Bertz CT molecular complexity index is 681. The number of nitrogens with one attached hydrogen (secondary N) is 2. The van der Waals surface area contributed by atoms with Crippen molar-refractivity contribution in [2.75, 3.05) is 5.32 Å². The molecule has 2 N–H and O–H groups in total. The van der Waals surface area contributed by atoms with E-state index in [0.717, 1.165) is 0 Å². The fourth-order valence-corrected chi connectivity index (χ4v) is 1.81. The van der Waals surface area contributed by atoms with Crippen LogP contribution in [0.15, 0.2) is 48.5 Å². The molecule has 0 spiro atoms. The number of amides is 2. The molecule has 0 atom stereocenters. The van der Waals surface area contributed by atoms with Crippen LogP contribution in [0.1, 0.15) is 13.8 Å². The lowest BCUT2D eigenvalue weighted by Crippen LogP contribution is -2.34. The number of ether oxygens (including phenoxy) is 1. The van der Waals surface area contributed by atoms with Gasteiger partial charge in [-0.3, -0.25) is 10.1 Å². The highest BCUT2D eigenvalue weighted by molar-refractivity contribution is 5.89. The van der Waals surface area contributed by atoms with Gasteiger partial charge in [-0.2, -0.15) is 0 Å². The third-order valence-corrected chi connectivity index (χ3v) is 2.82. The first-order valence-electron chi connectivity index (χ1n) is 7.04. The van der Waals surface area contributed by atoms with E-state index in [1.54, 1.807) is 24.3 Å². The van der Waals surface area contributed by atoms with E-state index in [1.807, 2.05) is 13.8 Å². The molecule has 0 unspecified atom stereocenters. The molecular weight excluding hydrogens is 298 g/mol. The monoisotopic (exact) mass is 315 g/mol. The third kappa shape index (κ3) is 4.99. The highest BCUT2D eigenvalue weighted by Gasteiger charge is 2.06. The topological polar surface area (TPSA) is 93.5 Å². The maximum absolute atomic E-state index is 11.6. The Morgan fingerprint density at radius 1 is 1.04 bits per heavy atom. The minimum atomic E-state index is -0.466. The van der Waals surface area contributed by atoms with Gasteiger partial charge in [0.1, 0.15) is 11.5 Å². The highest BCUT2D eigenvalue weighted by atomic mass is 16.6. The number of non-ortho nitro benzene ring substituents is 1. The first-order valence-corrected chi connectivity index (χ1v) is 7.04. The van der Waals surface area contributed by atoms with E-state index in [1.165, 1.54) is 24.3 Å². The second kappa shape index (κ2) is 7.26. The number of carbonyl (C=O) groups excluding carboxylic acids is 1. The highest BCUT2D eigenvalue weighted by Crippen LogP contribution is 2.24. The van der Waals surface area contributed by atoms with Crippen LogP contribution >= 0.6 is 0 Å². The van der Waals surface area contributed by atoms with Crippen LogP contribution < -0.4 is 15.4 Å². The lowest BCUT2D eigenvalue weighted by Gasteiger charge is -2.11. The number of nitro benzene ring substituents is 1. The maximum Gasteiger partial charge on any atom is 0.319 e. The van der Waals surface area contributed by atoms with Crippen LogP contribution in [-0.4, -0.2) is 17.0 Å². The lowest BCUT2D eigenvalue weighted by atomic mass is 10.3. The minimum Gasteiger partial charge on any atom is -0.457 e. The van der Waals surface area contributed by atoms with Crippen molar-refractivity contribution in [1.82, 2.24) is 5.32 Å². The smallest absolute Gasteiger partial charge is 0.319 e. The Labute approximate surface area is 133 Å². The van der Waals surface area contributed by atoms with Gasteiger partial charge in [-0.1, -0.05) is 0 Å². The summed E-state index contributed by atoms with van der Waals surface area (Å²) in [6, 6.07) is 12.4. The molecule has 0 aliphatic carbocycles. The van der Waals surface area contributed by atoms with Gasteiger partial charge in [0.25, 0.3) is 5.69 Å². The quantitative estimate of drug-likeness (QED) is 0.646. The van der Waals surface area contributed by atoms with Gasteiger partial charge < -0.3 is 15.4 Å². The van der Waals surface area contributed by atoms with Crippen molar-refractivity contribution < 1.29 is 14.5 Å². The van der Waals surface area contributed by atoms with E-state index in [-0.39, 0.29) is 17.8 Å². The van der Waals surface area contributed by atoms with Gasteiger partial charge in [0, 0.05) is 23.9 Å². The van der Waals surface area contributed by atoms with Crippen LogP contribution in [0, 0.1) is 10.1 Å². The molecule has 7 heteroatoms. The summed E-state index contributed by atoms with van der Waals surface area (Å²) in [4.78, 5) is 21.7. The van der Waals surface area contributed by atoms with Crippen molar-refractivity contribution in [3.05, 3.63) is 58.6 Å². The summed E-state index contributed by atoms with van der Waals surface area (Å²) in [5.41, 5.74) is 0.646. The number of rotatable bonds is 5. The number of nitrogens with zero attached hydrogens (tertiary/aromatic N) is 1.